The van der Waals surface area contributed by atoms with Crippen LogP contribution in [0.3, 0.4) is 0 Å². The topological polar surface area (TPSA) is 112 Å². The van der Waals surface area contributed by atoms with E-state index in [1.54, 1.807) is 19.2 Å². The Morgan fingerprint density at radius 1 is 1.28 bits per heavy atom. The molecule has 1 aliphatic rings. The highest BCUT2D eigenvalue weighted by molar-refractivity contribution is 5.92. The predicted molar refractivity (Wildman–Crippen MR) is 110 cm³/mol. The fourth-order valence-electron chi connectivity index (χ4n) is 3.59. The second kappa shape index (κ2) is 9.40. The smallest absolute Gasteiger partial charge is 0.320 e. The number of rotatable bonds is 6. The van der Waals surface area contributed by atoms with E-state index in [4.69, 9.17) is 4.52 Å². The second-order valence-electron chi connectivity index (χ2n) is 7.18. The Balaban J connectivity index is 1.53. The molecule has 9 heteroatoms. The first-order chi connectivity index (χ1) is 14.0. The van der Waals surface area contributed by atoms with Crippen molar-refractivity contribution in [3.63, 3.8) is 0 Å². The van der Waals surface area contributed by atoms with Gasteiger partial charge in [-0.15, -0.1) is 0 Å². The van der Waals surface area contributed by atoms with E-state index in [1.165, 1.54) is 0 Å². The average Bonchev–Trinajstić information content (AvgIpc) is 3.14. The van der Waals surface area contributed by atoms with Crippen LogP contribution in [0.1, 0.15) is 41.7 Å². The van der Waals surface area contributed by atoms with E-state index in [-0.39, 0.29) is 11.9 Å². The van der Waals surface area contributed by atoms with E-state index in [0.717, 1.165) is 49.5 Å². The van der Waals surface area contributed by atoms with Gasteiger partial charge in [-0.2, -0.15) is 0 Å². The van der Waals surface area contributed by atoms with E-state index in [1.807, 2.05) is 19.9 Å². The Morgan fingerprint density at radius 3 is 2.69 bits per heavy atom. The summed E-state index contributed by atoms with van der Waals surface area (Å²) in [4.78, 5) is 30.0. The molecule has 3 heterocycles. The molecule has 1 aliphatic heterocycles. The molecule has 3 rings (SSSR count). The molecule has 0 aromatic carbocycles. The van der Waals surface area contributed by atoms with Crippen molar-refractivity contribution in [2.75, 3.05) is 36.9 Å². The molecule has 0 radical (unpaired) electrons. The summed E-state index contributed by atoms with van der Waals surface area (Å²) in [6.07, 6.45) is 2.84. The van der Waals surface area contributed by atoms with Crippen molar-refractivity contribution in [1.82, 2.24) is 20.8 Å². The van der Waals surface area contributed by atoms with Gasteiger partial charge in [-0.25, -0.2) is 9.78 Å². The highest BCUT2D eigenvalue weighted by atomic mass is 16.5. The molecule has 156 valence electrons. The highest BCUT2D eigenvalue weighted by Crippen LogP contribution is 2.28. The number of carbonyl (C=O) groups is 2. The molecule has 1 saturated heterocycles. The minimum atomic E-state index is -0.285. The number of anilines is 2. The fourth-order valence-corrected chi connectivity index (χ4v) is 3.59. The number of urea groups is 1. The number of hydrogen-bond acceptors (Lipinski definition) is 6. The van der Waals surface area contributed by atoms with Crippen LogP contribution in [0.15, 0.2) is 22.7 Å². The number of hydrogen-bond donors (Lipinski definition) is 3. The van der Waals surface area contributed by atoms with Crippen LogP contribution in [0, 0.1) is 12.8 Å². The molecule has 0 saturated carbocycles. The maximum atomic E-state index is 11.7. The maximum Gasteiger partial charge on any atom is 0.320 e. The molecule has 0 aliphatic carbocycles. The van der Waals surface area contributed by atoms with E-state index in [2.05, 4.69) is 31.0 Å². The minimum absolute atomic E-state index is 0.175. The highest BCUT2D eigenvalue weighted by Gasteiger charge is 2.23. The summed E-state index contributed by atoms with van der Waals surface area (Å²) in [6.45, 7) is 6.19. The van der Waals surface area contributed by atoms with Crippen molar-refractivity contribution in [3.05, 3.63) is 35.3 Å². The zero-order chi connectivity index (χ0) is 20.8. The summed E-state index contributed by atoms with van der Waals surface area (Å²) in [6, 6.07) is 5.24. The number of amides is 3. The molecule has 0 spiro atoms. The number of pyridine rings is 1. The molecule has 3 amide bonds. The lowest BCUT2D eigenvalue weighted by molar-refractivity contribution is 0.0958. The van der Waals surface area contributed by atoms with Crippen molar-refractivity contribution < 1.29 is 14.1 Å². The largest absolute Gasteiger partial charge is 0.370 e. The van der Waals surface area contributed by atoms with E-state index >= 15 is 0 Å². The van der Waals surface area contributed by atoms with Gasteiger partial charge in [-0.1, -0.05) is 5.16 Å². The number of piperidine rings is 1. The summed E-state index contributed by atoms with van der Waals surface area (Å²) in [5.41, 5.74) is 2.37. The van der Waals surface area contributed by atoms with Crippen molar-refractivity contribution in [2.24, 2.45) is 5.92 Å². The third-order valence-corrected chi connectivity index (χ3v) is 5.10. The lowest BCUT2D eigenvalue weighted by atomic mass is 9.92. The lowest BCUT2D eigenvalue weighted by Gasteiger charge is -2.34. The van der Waals surface area contributed by atoms with Gasteiger partial charge in [-0.05, 0) is 44.7 Å². The number of nitrogens with zero attached hydrogens (tertiary/aromatic N) is 3. The summed E-state index contributed by atoms with van der Waals surface area (Å²) in [7, 11) is 1.60. The summed E-state index contributed by atoms with van der Waals surface area (Å²) < 4.78 is 5.37. The van der Waals surface area contributed by atoms with Gasteiger partial charge < -0.3 is 20.1 Å². The van der Waals surface area contributed by atoms with Gasteiger partial charge in [-0.3, -0.25) is 10.1 Å². The van der Waals surface area contributed by atoms with Crippen molar-refractivity contribution in [1.29, 1.82) is 0 Å². The molecule has 3 N–H and O–H groups in total. The Kier molecular flexibility index (Phi) is 6.69. The molecule has 0 unspecified atom stereocenters. The Morgan fingerprint density at radius 2 is 2.03 bits per heavy atom. The Bertz CT molecular complexity index is 858. The first-order valence-corrected chi connectivity index (χ1v) is 9.95. The average molecular weight is 400 g/mol. The summed E-state index contributed by atoms with van der Waals surface area (Å²) in [5.74, 6) is 1.53. The molecule has 2 aromatic heterocycles. The quantitative estimate of drug-likeness (QED) is 0.686. The normalized spacial score (nSPS) is 14.5. The van der Waals surface area contributed by atoms with Crippen molar-refractivity contribution in [2.45, 2.75) is 33.1 Å². The van der Waals surface area contributed by atoms with Gasteiger partial charge in [0.2, 0.25) is 0 Å². The van der Waals surface area contributed by atoms with Crippen LogP contribution in [-0.2, 0) is 6.42 Å². The first kappa shape index (κ1) is 20.6. The molecule has 0 atom stereocenters. The van der Waals surface area contributed by atoms with Gasteiger partial charge in [0.05, 0.1) is 11.4 Å². The van der Waals surface area contributed by atoms with Crippen LogP contribution >= 0.6 is 0 Å². The Labute approximate surface area is 170 Å². The predicted octanol–water partition coefficient (Wildman–Crippen LogP) is 2.34. The molecule has 9 nitrogen and oxygen atoms in total. The van der Waals surface area contributed by atoms with Gasteiger partial charge in [0.1, 0.15) is 11.5 Å². The van der Waals surface area contributed by atoms with Crippen LogP contribution < -0.4 is 20.9 Å². The number of nitrogens with one attached hydrogen (secondary N) is 3. The van der Waals surface area contributed by atoms with Crippen LogP contribution in [0.25, 0.3) is 0 Å². The van der Waals surface area contributed by atoms with Crippen LogP contribution in [0.2, 0.25) is 0 Å². The zero-order valence-electron chi connectivity index (χ0n) is 17.1. The van der Waals surface area contributed by atoms with Gasteiger partial charge >= 0.3 is 6.03 Å². The monoisotopic (exact) mass is 400 g/mol. The number of aryl methyl sites for hydroxylation is 1. The maximum absolute atomic E-state index is 11.7. The van der Waals surface area contributed by atoms with Gasteiger partial charge in [0.25, 0.3) is 5.91 Å². The molecule has 2 aromatic rings. The van der Waals surface area contributed by atoms with E-state index in [9.17, 15) is 9.59 Å². The third kappa shape index (κ3) is 5.24. The van der Waals surface area contributed by atoms with Crippen LogP contribution in [0.5, 0.6) is 0 Å². The van der Waals surface area contributed by atoms with Crippen molar-refractivity contribution in [3.8, 4) is 0 Å². The summed E-state index contributed by atoms with van der Waals surface area (Å²) in [5, 5.41) is 11.8. The van der Waals surface area contributed by atoms with Crippen LogP contribution in [0.4, 0.5) is 16.3 Å². The Hall–Kier alpha value is -3.10. The molecule has 29 heavy (non-hydrogen) atoms. The van der Waals surface area contributed by atoms with Gasteiger partial charge in [0, 0.05) is 39.2 Å². The van der Waals surface area contributed by atoms with Crippen molar-refractivity contribution >= 4 is 23.4 Å². The van der Waals surface area contributed by atoms with E-state index in [0.29, 0.717) is 24.0 Å². The third-order valence-electron chi connectivity index (χ3n) is 5.10. The minimum Gasteiger partial charge on any atom is -0.370 e. The SMILES string of the molecule is CCNC(=O)Nc1cc(CC2CCN(c3ccc(C(=O)NC)nc3C)CC2)on1. The first-order valence-electron chi connectivity index (χ1n) is 9.95. The number of carbonyl (C=O) groups excluding carboxylic acids is 2. The molecule has 1 fully saturated rings. The summed E-state index contributed by atoms with van der Waals surface area (Å²) >= 11 is 0. The lowest BCUT2D eigenvalue weighted by Crippen LogP contribution is -2.35. The molecular formula is C20H28N6O3. The fraction of sp³-hybridized carbons (Fsp3) is 0.500. The molecule has 0 bridgehead atoms. The number of aromatic nitrogens is 2. The van der Waals surface area contributed by atoms with Gasteiger partial charge in [0.15, 0.2) is 5.82 Å². The molecular weight excluding hydrogens is 372 g/mol. The zero-order valence-corrected chi connectivity index (χ0v) is 17.1. The van der Waals surface area contributed by atoms with E-state index < -0.39 is 0 Å². The van der Waals surface area contributed by atoms with Crippen LogP contribution in [-0.4, -0.2) is 48.8 Å². The second-order valence-corrected chi connectivity index (χ2v) is 7.18. The standard InChI is InChI=1S/C20H28N6O3/c1-4-22-20(28)24-18-12-15(29-25-18)11-14-7-9-26(10-8-14)17-6-5-16(19(27)21-3)23-13(17)2/h5-6,12,14H,4,7-11H2,1-3H3,(H,21,27)(H2,22,24,25,28).